The van der Waals surface area contributed by atoms with Crippen LogP contribution in [0.1, 0.15) is 39.0 Å². The van der Waals surface area contributed by atoms with Crippen LogP contribution in [0.15, 0.2) is 32.4 Å². The topological polar surface area (TPSA) is 105 Å². The third kappa shape index (κ3) is 3.41. The Hall–Kier alpha value is -1.45. The third-order valence-corrected chi connectivity index (χ3v) is 6.97. The number of nitrogens with zero attached hydrogens (tertiary/aromatic N) is 1. The molecular formula is C14H19N3O4S2. The second-order valence-corrected chi connectivity index (χ2v) is 9.18. The molecule has 0 spiro atoms. The van der Waals surface area contributed by atoms with Gasteiger partial charge < -0.3 is 5.32 Å². The van der Waals surface area contributed by atoms with Gasteiger partial charge in [0.05, 0.1) is 10.6 Å². The Morgan fingerprint density at radius 2 is 1.91 bits per heavy atom. The molecule has 2 aliphatic rings. The van der Waals surface area contributed by atoms with Crippen molar-refractivity contribution in [1.82, 2.24) is 4.72 Å². The van der Waals surface area contributed by atoms with Gasteiger partial charge in [-0.3, -0.25) is 0 Å². The van der Waals surface area contributed by atoms with Crippen LogP contribution >= 0.6 is 0 Å². The molecule has 9 heteroatoms. The summed E-state index contributed by atoms with van der Waals surface area (Å²) in [6.07, 6.45) is 4.76. The first-order chi connectivity index (χ1) is 10.8. The monoisotopic (exact) mass is 357 g/mol. The first-order valence-corrected chi connectivity index (χ1v) is 10.5. The molecule has 126 valence electrons. The summed E-state index contributed by atoms with van der Waals surface area (Å²) in [4.78, 5) is -0.170. The third-order valence-electron chi connectivity index (χ3n) is 4.04. The fourth-order valence-electron chi connectivity index (χ4n) is 2.94. The fourth-order valence-corrected chi connectivity index (χ4v) is 5.52. The zero-order valence-electron chi connectivity index (χ0n) is 12.7. The highest BCUT2D eigenvalue weighted by Gasteiger charge is 2.27. The zero-order valence-corrected chi connectivity index (χ0v) is 14.4. The van der Waals surface area contributed by atoms with E-state index >= 15 is 0 Å². The summed E-state index contributed by atoms with van der Waals surface area (Å²) in [5, 5.41) is 2.83. The Kier molecular flexibility index (Phi) is 4.19. The van der Waals surface area contributed by atoms with E-state index in [2.05, 4.69) is 14.4 Å². The van der Waals surface area contributed by atoms with E-state index in [1.165, 1.54) is 25.1 Å². The molecule has 7 nitrogen and oxygen atoms in total. The summed E-state index contributed by atoms with van der Waals surface area (Å²) in [6.45, 7) is 1.54. The average molecular weight is 357 g/mol. The van der Waals surface area contributed by atoms with Crippen molar-refractivity contribution in [3.05, 3.63) is 18.2 Å². The smallest absolute Gasteiger partial charge is 0.286 e. The minimum Gasteiger partial charge on any atom is -0.342 e. The Morgan fingerprint density at radius 1 is 1.22 bits per heavy atom. The maximum Gasteiger partial charge on any atom is 0.286 e. The van der Waals surface area contributed by atoms with Gasteiger partial charge in [0.1, 0.15) is 10.7 Å². The maximum absolute atomic E-state index is 12.5. The van der Waals surface area contributed by atoms with Crippen LogP contribution < -0.4 is 10.0 Å². The number of rotatable bonds is 3. The van der Waals surface area contributed by atoms with Crippen molar-refractivity contribution in [3.63, 3.8) is 0 Å². The van der Waals surface area contributed by atoms with Gasteiger partial charge in [0.2, 0.25) is 10.0 Å². The number of benzene rings is 1. The molecule has 0 amide bonds. The molecule has 1 fully saturated rings. The first-order valence-electron chi connectivity index (χ1n) is 7.53. The van der Waals surface area contributed by atoms with Gasteiger partial charge in [-0.15, -0.1) is 4.40 Å². The fraction of sp³-hybridized carbons (Fsp3) is 0.500. The van der Waals surface area contributed by atoms with Crippen LogP contribution in [0.2, 0.25) is 0 Å². The minimum absolute atomic E-state index is 0.0537. The van der Waals surface area contributed by atoms with Crippen LogP contribution in [0, 0.1) is 0 Å². The van der Waals surface area contributed by atoms with E-state index in [9.17, 15) is 16.8 Å². The molecule has 0 bridgehead atoms. The van der Waals surface area contributed by atoms with Gasteiger partial charge >= 0.3 is 0 Å². The number of hydrogen-bond donors (Lipinski definition) is 2. The molecule has 1 saturated carbocycles. The lowest BCUT2D eigenvalue weighted by Gasteiger charge is -2.23. The number of hydrogen-bond acceptors (Lipinski definition) is 5. The zero-order chi connectivity index (χ0) is 16.7. The highest BCUT2D eigenvalue weighted by Crippen LogP contribution is 2.30. The molecule has 23 heavy (non-hydrogen) atoms. The van der Waals surface area contributed by atoms with Crippen LogP contribution in [0.25, 0.3) is 0 Å². The predicted molar refractivity (Wildman–Crippen MR) is 87.6 cm³/mol. The van der Waals surface area contributed by atoms with Gasteiger partial charge in [0.25, 0.3) is 10.0 Å². The summed E-state index contributed by atoms with van der Waals surface area (Å²) in [6, 6.07) is 3.95. The molecule has 0 saturated heterocycles. The van der Waals surface area contributed by atoms with Crippen molar-refractivity contribution in [2.45, 2.75) is 54.9 Å². The Balaban J connectivity index is 1.93. The van der Waals surface area contributed by atoms with Crippen molar-refractivity contribution in [3.8, 4) is 0 Å². The standard InChI is InChI=1S/C14H19N3O4S2/c1-10-15-13-8-7-12(9-14(13)23(20,21)16-10)22(18,19)17-11-5-3-2-4-6-11/h7-9,11,17H,2-6H2,1H3,(H,15,16). The molecule has 2 N–H and O–H groups in total. The molecule has 1 aliphatic carbocycles. The highest BCUT2D eigenvalue weighted by molar-refractivity contribution is 7.91. The van der Waals surface area contributed by atoms with E-state index in [4.69, 9.17) is 0 Å². The van der Waals surface area contributed by atoms with E-state index in [-0.39, 0.29) is 21.7 Å². The van der Waals surface area contributed by atoms with E-state index < -0.39 is 20.0 Å². The molecule has 1 heterocycles. The van der Waals surface area contributed by atoms with Crippen LogP contribution in [-0.4, -0.2) is 28.7 Å². The Labute approximate surface area is 136 Å². The Morgan fingerprint density at radius 3 is 2.61 bits per heavy atom. The molecule has 0 radical (unpaired) electrons. The van der Waals surface area contributed by atoms with Gasteiger partial charge in [-0.1, -0.05) is 19.3 Å². The molecule has 0 unspecified atom stereocenters. The number of amidine groups is 1. The number of sulfonamides is 2. The molecule has 1 aromatic carbocycles. The van der Waals surface area contributed by atoms with Gasteiger partial charge in [0.15, 0.2) is 0 Å². The summed E-state index contributed by atoms with van der Waals surface area (Å²) in [5.41, 5.74) is 0.342. The lowest BCUT2D eigenvalue weighted by molar-refractivity contribution is 0.412. The number of anilines is 1. The second kappa shape index (κ2) is 5.88. The van der Waals surface area contributed by atoms with Crippen molar-refractivity contribution >= 4 is 31.6 Å². The molecule has 1 aromatic rings. The summed E-state index contributed by atoms with van der Waals surface area (Å²) < 4.78 is 55.5. The molecule has 3 rings (SSSR count). The van der Waals surface area contributed by atoms with Crippen LogP contribution in [-0.2, 0) is 20.0 Å². The quantitative estimate of drug-likeness (QED) is 0.859. The predicted octanol–water partition coefficient (Wildman–Crippen LogP) is 1.83. The van der Waals surface area contributed by atoms with Crippen molar-refractivity contribution in [2.24, 2.45) is 4.40 Å². The molecule has 0 aromatic heterocycles. The maximum atomic E-state index is 12.5. The second-order valence-electron chi connectivity index (χ2n) is 5.89. The van der Waals surface area contributed by atoms with Crippen molar-refractivity contribution in [2.75, 3.05) is 5.32 Å². The van der Waals surface area contributed by atoms with Gasteiger partial charge in [-0.2, -0.15) is 8.42 Å². The average Bonchev–Trinajstić information content (AvgIpc) is 2.46. The molecular weight excluding hydrogens is 338 g/mol. The SMILES string of the molecule is CC1=NS(=O)(=O)c2cc(S(=O)(=O)NC3CCCCC3)ccc2N1. The number of fused-ring (bicyclic) bond motifs is 1. The largest absolute Gasteiger partial charge is 0.342 e. The number of nitrogens with one attached hydrogen (secondary N) is 2. The van der Waals surface area contributed by atoms with Crippen molar-refractivity contribution in [1.29, 1.82) is 0 Å². The summed E-state index contributed by atoms with van der Waals surface area (Å²) in [7, 11) is -7.62. The first kappa shape index (κ1) is 16.4. The Bertz CT molecular complexity index is 854. The van der Waals surface area contributed by atoms with Crippen LogP contribution in [0.4, 0.5) is 5.69 Å². The van der Waals surface area contributed by atoms with Crippen LogP contribution in [0.3, 0.4) is 0 Å². The van der Waals surface area contributed by atoms with Gasteiger partial charge in [-0.05, 0) is 38.0 Å². The minimum atomic E-state index is -3.87. The summed E-state index contributed by atoms with van der Waals surface area (Å²) in [5.74, 6) is 0.258. The van der Waals surface area contributed by atoms with Gasteiger partial charge in [0, 0.05) is 6.04 Å². The van der Waals surface area contributed by atoms with E-state index in [0.717, 1.165) is 32.1 Å². The van der Waals surface area contributed by atoms with E-state index in [1.807, 2.05) is 0 Å². The summed E-state index contributed by atoms with van der Waals surface area (Å²) >= 11 is 0. The molecule has 0 atom stereocenters. The normalized spacial score (nSPS) is 21.2. The van der Waals surface area contributed by atoms with Gasteiger partial charge in [-0.25, -0.2) is 13.1 Å². The van der Waals surface area contributed by atoms with Crippen LogP contribution in [0.5, 0.6) is 0 Å². The highest BCUT2D eigenvalue weighted by atomic mass is 32.2. The van der Waals surface area contributed by atoms with E-state index in [1.54, 1.807) is 0 Å². The molecule has 1 aliphatic heterocycles. The lowest BCUT2D eigenvalue weighted by Crippen LogP contribution is -2.36. The van der Waals surface area contributed by atoms with Crippen molar-refractivity contribution < 1.29 is 16.8 Å². The van der Waals surface area contributed by atoms with E-state index in [0.29, 0.717) is 5.69 Å². The lowest BCUT2D eigenvalue weighted by atomic mass is 9.96.